The number of amides is 1. The maximum absolute atomic E-state index is 12.9. The molecule has 9 nitrogen and oxygen atoms in total. The summed E-state index contributed by atoms with van der Waals surface area (Å²) in [6.07, 6.45) is 4.37. The first-order valence-electron chi connectivity index (χ1n) is 9.24. The number of fused-ring (bicyclic) bond motifs is 1. The number of para-hydroxylation sites is 1. The summed E-state index contributed by atoms with van der Waals surface area (Å²) < 4.78 is 0. The van der Waals surface area contributed by atoms with Crippen molar-refractivity contribution in [2.24, 2.45) is 5.10 Å². The number of hydrazone groups is 1. The molecular formula is C22H14ClN5O4. The number of phenolic OH excluding ortho intramolecular Hbond substituents is 1. The van der Waals surface area contributed by atoms with Crippen LogP contribution in [0.2, 0.25) is 5.02 Å². The molecule has 2 heterocycles. The zero-order valence-corrected chi connectivity index (χ0v) is 17.0. The normalized spacial score (nSPS) is 11.0. The molecule has 158 valence electrons. The van der Waals surface area contributed by atoms with E-state index in [4.69, 9.17) is 11.6 Å². The highest BCUT2D eigenvalue weighted by Gasteiger charge is 2.18. The number of carbonyl (C=O) groups is 1. The summed E-state index contributed by atoms with van der Waals surface area (Å²) in [5, 5.41) is 25.6. The van der Waals surface area contributed by atoms with Crippen LogP contribution < -0.4 is 5.43 Å². The third kappa shape index (κ3) is 4.23. The zero-order valence-electron chi connectivity index (χ0n) is 16.3. The van der Waals surface area contributed by atoms with Crippen molar-refractivity contribution in [3.63, 3.8) is 0 Å². The number of nitro groups is 1. The third-order valence-electron chi connectivity index (χ3n) is 4.57. The number of benzene rings is 2. The molecular weight excluding hydrogens is 434 g/mol. The Hall–Kier alpha value is -4.37. The first kappa shape index (κ1) is 20.9. The van der Waals surface area contributed by atoms with Gasteiger partial charge in [0.1, 0.15) is 0 Å². The van der Waals surface area contributed by atoms with E-state index in [1.54, 1.807) is 42.7 Å². The first-order chi connectivity index (χ1) is 15.4. The van der Waals surface area contributed by atoms with E-state index >= 15 is 0 Å². The number of hydrogen-bond donors (Lipinski definition) is 2. The number of rotatable bonds is 5. The number of phenols is 1. The largest absolute Gasteiger partial charge is 0.502 e. The van der Waals surface area contributed by atoms with Gasteiger partial charge in [-0.15, -0.1) is 0 Å². The molecule has 0 aliphatic carbocycles. The highest BCUT2D eigenvalue weighted by molar-refractivity contribution is 6.31. The third-order valence-corrected chi connectivity index (χ3v) is 4.79. The smallest absolute Gasteiger partial charge is 0.312 e. The van der Waals surface area contributed by atoms with Crippen LogP contribution in [0.3, 0.4) is 0 Å². The number of nitrogens with zero attached hydrogens (tertiary/aromatic N) is 4. The van der Waals surface area contributed by atoms with Crippen molar-refractivity contribution >= 4 is 40.3 Å². The Balaban J connectivity index is 1.67. The van der Waals surface area contributed by atoms with Gasteiger partial charge in [-0.2, -0.15) is 5.10 Å². The van der Waals surface area contributed by atoms with Crippen LogP contribution in [0, 0.1) is 10.1 Å². The first-order valence-corrected chi connectivity index (χ1v) is 9.62. The van der Waals surface area contributed by atoms with Crippen LogP contribution in [-0.2, 0) is 0 Å². The Morgan fingerprint density at radius 2 is 2.00 bits per heavy atom. The number of hydrogen-bond acceptors (Lipinski definition) is 7. The van der Waals surface area contributed by atoms with Gasteiger partial charge in [0.2, 0.25) is 5.75 Å². The van der Waals surface area contributed by atoms with Crippen molar-refractivity contribution in [1.29, 1.82) is 0 Å². The summed E-state index contributed by atoms with van der Waals surface area (Å²) in [7, 11) is 0. The van der Waals surface area contributed by atoms with E-state index in [1.165, 1.54) is 6.07 Å². The molecule has 0 unspecified atom stereocenters. The summed E-state index contributed by atoms with van der Waals surface area (Å²) in [6.45, 7) is 0. The number of nitrogens with one attached hydrogen (secondary N) is 1. The van der Waals surface area contributed by atoms with Crippen LogP contribution >= 0.6 is 11.6 Å². The Morgan fingerprint density at radius 3 is 2.75 bits per heavy atom. The highest BCUT2D eigenvalue weighted by atomic mass is 35.5. The van der Waals surface area contributed by atoms with Gasteiger partial charge in [-0.1, -0.05) is 29.8 Å². The van der Waals surface area contributed by atoms with Crippen molar-refractivity contribution in [3.05, 3.63) is 93.3 Å². The quantitative estimate of drug-likeness (QED) is 0.266. The van der Waals surface area contributed by atoms with Gasteiger partial charge in [0.25, 0.3) is 5.91 Å². The maximum atomic E-state index is 12.9. The van der Waals surface area contributed by atoms with Crippen LogP contribution in [0.25, 0.3) is 22.2 Å². The lowest BCUT2D eigenvalue weighted by Gasteiger charge is -2.09. The molecule has 4 aromatic rings. The van der Waals surface area contributed by atoms with Gasteiger partial charge in [0.15, 0.2) is 0 Å². The molecule has 2 N–H and O–H groups in total. The summed E-state index contributed by atoms with van der Waals surface area (Å²) in [6, 6.07) is 14.7. The van der Waals surface area contributed by atoms with Crippen LogP contribution in [0.5, 0.6) is 5.75 Å². The standard InChI is InChI=1S/C22H14ClN5O4/c23-15-8-14(21(29)20(9-15)28(31)32)12-25-27-22(30)17-10-19(13-4-3-7-24-11-13)26-18-6-2-1-5-16(17)18/h1-12,29H,(H,27,30)/b25-12+. The molecule has 0 fully saturated rings. The molecule has 0 aliphatic heterocycles. The van der Waals surface area contributed by atoms with Crippen LogP contribution in [0.15, 0.2) is 72.1 Å². The predicted octanol–water partition coefficient (Wildman–Crippen LogP) is 4.33. The fourth-order valence-electron chi connectivity index (χ4n) is 3.09. The molecule has 0 atom stereocenters. The van der Waals surface area contributed by atoms with E-state index in [0.29, 0.717) is 22.2 Å². The van der Waals surface area contributed by atoms with Gasteiger partial charge >= 0.3 is 5.69 Å². The molecule has 0 aliphatic rings. The van der Waals surface area contributed by atoms with E-state index in [-0.39, 0.29) is 10.6 Å². The van der Waals surface area contributed by atoms with Gasteiger partial charge in [-0.3, -0.25) is 19.9 Å². The molecule has 32 heavy (non-hydrogen) atoms. The Bertz CT molecular complexity index is 1380. The van der Waals surface area contributed by atoms with Crippen molar-refractivity contribution in [3.8, 4) is 17.0 Å². The van der Waals surface area contributed by atoms with E-state index < -0.39 is 22.3 Å². The fraction of sp³-hybridized carbons (Fsp3) is 0. The lowest BCUT2D eigenvalue weighted by molar-refractivity contribution is -0.385. The monoisotopic (exact) mass is 447 g/mol. The molecule has 1 amide bonds. The summed E-state index contributed by atoms with van der Waals surface area (Å²) in [5.74, 6) is -1.13. The van der Waals surface area contributed by atoms with Crippen LogP contribution in [-0.4, -0.2) is 32.1 Å². The maximum Gasteiger partial charge on any atom is 0.312 e. The number of aromatic nitrogens is 2. The van der Waals surface area contributed by atoms with E-state index in [0.717, 1.165) is 17.8 Å². The fourth-order valence-corrected chi connectivity index (χ4v) is 3.31. The minimum Gasteiger partial charge on any atom is -0.502 e. The second-order valence-electron chi connectivity index (χ2n) is 6.63. The molecule has 0 spiro atoms. The van der Waals surface area contributed by atoms with E-state index in [2.05, 4.69) is 20.5 Å². The number of nitro benzene ring substituents is 1. The highest BCUT2D eigenvalue weighted by Crippen LogP contribution is 2.32. The van der Waals surface area contributed by atoms with Crippen molar-refractivity contribution in [2.45, 2.75) is 0 Å². The average molecular weight is 448 g/mol. The zero-order chi connectivity index (χ0) is 22.7. The number of pyridine rings is 2. The van der Waals surface area contributed by atoms with Gasteiger partial charge in [-0.25, -0.2) is 10.4 Å². The lowest BCUT2D eigenvalue weighted by atomic mass is 10.0. The molecule has 2 aromatic carbocycles. The summed E-state index contributed by atoms with van der Waals surface area (Å²) in [4.78, 5) is 31.8. The number of aromatic hydroxyl groups is 1. The van der Waals surface area contributed by atoms with E-state index in [9.17, 15) is 20.0 Å². The topological polar surface area (TPSA) is 131 Å². The minimum atomic E-state index is -0.764. The van der Waals surface area contributed by atoms with Crippen LogP contribution in [0.1, 0.15) is 15.9 Å². The number of carbonyl (C=O) groups excluding carboxylic acids is 1. The van der Waals surface area contributed by atoms with Gasteiger partial charge < -0.3 is 5.11 Å². The second-order valence-corrected chi connectivity index (χ2v) is 7.07. The van der Waals surface area contributed by atoms with Crippen molar-refractivity contribution in [2.75, 3.05) is 0 Å². The van der Waals surface area contributed by atoms with Gasteiger partial charge in [0.05, 0.1) is 27.9 Å². The number of halogens is 1. The molecule has 0 bridgehead atoms. The Morgan fingerprint density at radius 1 is 1.19 bits per heavy atom. The van der Waals surface area contributed by atoms with Gasteiger partial charge in [-0.05, 0) is 30.3 Å². The van der Waals surface area contributed by atoms with Gasteiger partial charge in [0, 0.05) is 40.0 Å². The molecule has 10 heteroatoms. The second kappa shape index (κ2) is 8.78. The SMILES string of the molecule is O=C(N/N=C/c1cc(Cl)cc([N+](=O)[O-])c1O)c1cc(-c2cccnc2)nc2ccccc12. The summed E-state index contributed by atoms with van der Waals surface area (Å²) in [5.41, 5.74) is 4.05. The molecule has 4 rings (SSSR count). The Kier molecular flexibility index (Phi) is 5.73. The molecule has 0 saturated carbocycles. The van der Waals surface area contributed by atoms with Crippen molar-refractivity contribution < 1.29 is 14.8 Å². The van der Waals surface area contributed by atoms with E-state index in [1.807, 2.05) is 12.1 Å². The minimum absolute atomic E-state index is 0.0138. The lowest BCUT2D eigenvalue weighted by Crippen LogP contribution is -2.18. The molecule has 2 aromatic heterocycles. The summed E-state index contributed by atoms with van der Waals surface area (Å²) >= 11 is 5.87. The van der Waals surface area contributed by atoms with Crippen molar-refractivity contribution in [1.82, 2.24) is 15.4 Å². The van der Waals surface area contributed by atoms with Crippen LogP contribution in [0.4, 0.5) is 5.69 Å². The molecule has 0 saturated heterocycles. The average Bonchev–Trinajstić information content (AvgIpc) is 2.80. The Labute approximate surface area is 186 Å². The predicted molar refractivity (Wildman–Crippen MR) is 120 cm³/mol. The molecule has 0 radical (unpaired) electrons.